The summed E-state index contributed by atoms with van der Waals surface area (Å²) in [4.78, 5) is 18.1. The normalized spacial score (nSPS) is 19.3. The number of benzene rings is 1. The van der Waals surface area contributed by atoms with Gasteiger partial charge in [0, 0.05) is 32.0 Å². The summed E-state index contributed by atoms with van der Waals surface area (Å²) in [5.41, 5.74) is 2.12. The first-order valence-electron chi connectivity index (χ1n) is 6.58. The van der Waals surface area contributed by atoms with E-state index in [1.165, 1.54) is 0 Å². The third-order valence-corrected chi connectivity index (χ3v) is 3.72. The number of likely N-dealkylation sites (tertiary alicyclic amines) is 1. The molecule has 1 saturated heterocycles. The molecule has 1 aromatic heterocycles. The highest BCUT2D eigenvalue weighted by Gasteiger charge is 2.26. The van der Waals surface area contributed by atoms with Crippen LogP contribution in [0.4, 0.5) is 0 Å². The second-order valence-electron chi connectivity index (χ2n) is 4.97. The predicted molar refractivity (Wildman–Crippen MR) is 74.6 cm³/mol. The molecule has 4 nitrogen and oxygen atoms in total. The van der Waals surface area contributed by atoms with Gasteiger partial charge in [-0.25, -0.2) is 4.98 Å². The molecule has 3 rings (SSSR count). The lowest BCUT2D eigenvalue weighted by atomic mass is 10.1. The molecule has 1 fully saturated rings. The molecule has 2 heterocycles. The highest BCUT2D eigenvalue weighted by atomic mass is 16.2. The van der Waals surface area contributed by atoms with Gasteiger partial charge in [-0.05, 0) is 12.1 Å². The predicted octanol–water partition coefficient (Wildman–Crippen LogP) is 2.07. The van der Waals surface area contributed by atoms with Crippen LogP contribution in [-0.2, 0) is 11.3 Å². The first-order chi connectivity index (χ1) is 9.28. The van der Waals surface area contributed by atoms with Crippen molar-refractivity contribution in [1.82, 2.24) is 14.5 Å². The van der Waals surface area contributed by atoms with Gasteiger partial charge in [0.2, 0.25) is 5.91 Å². The number of aromatic nitrogens is 2. The maximum absolute atomic E-state index is 11.8. The summed E-state index contributed by atoms with van der Waals surface area (Å²) < 4.78 is 2.10. The topological polar surface area (TPSA) is 38.1 Å². The third kappa shape index (κ3) is 2.26. The minimum Gasteiger partial charge on any atom is -0.340 e. The second kappa shape index (κ2) is 4.88. The van der Waals surface area contributed by atoms with Crippen LogP contribution in [0.3, 0.4) is 0 Å². The summed E-state index contributed by atoms with van der Waals surface area (Å²) >= 11 is 0. The van der Waals surface area contributed by atoms with Crippen LogP contribution in [-0.4, -0.2) is 33.4 Å². The number of rotatable bonds is 4. The maximum Gasteiger partial charge on any atom is 0.223 e. The van der Waals surface area contributed by atoms with Crippen LogP contribution in [0, 0.1) is 5.92 Å². The van der Waals surface area contributed by atoms with Crippen molar-refractivity contribution in [2.24, 2.45) is 5.92 Å². The summed E-state index contributed by atoms with van der Waals surface area (Å²) in [5, 5.41) is 0. The standard InChI is InChI=1S/C15H17N3O/c1-2-12-9-15(19)17(10-12)7-8-18-11-16-13-5-3-4-6-14(13)18/h2-6,11-12H,1,7-10H2. The SMILES string of the molecule is C=CC1CC(=O)N(CCn2cnc3ccccc32)C1. The Morgan fingerprint density at radius 3 is 3.00 bits per heavy atom. The Hall–Kier alpha value is -2.10. The quantitative estimate of drug-likeness (QED) is 0.784. The molecule has 1 aromatic carbocycles. The van der Waals surface area contributed by atoms with Gasteiger partial charge in [0.05, 0.1) is 17.4 Å². The van der Waals surface area contributed by atoms with Gasteiger partial charge in [-0.2, -0.15) is 0 Å². The molecule has 0 aliphatic carbocycles. The van der Waals surface area contributed by atoms with E-state index in [1.807, 2.05) is 35.5 Å². The molecule has 1 unspecified atom stereocenters. The van der Waals surface area contributed by atoms with Crippen LogP contribution in [0.25, 0.3) is 11.0 Å². The number of nitrogens with zero attached hydrogens (tertiary/aromatic N) is 3. The van der Waals surface area contributed by atoms with Gasteiger partial charge >= 0.3 is 0 Å². The lowest BCUT2D eigenvalue weighted by Crippen LogP contribution is -2.28. The van der Waals surface area contributed by atoms with E-state index >= 15 is 0 Å². The summed E-state index contributed by atoms with van der Waals surface area (Å²) in [5.74, 6) is 0.543. The molecule has 0 bridgehead atoms. The Bertz CT molecular complexity index is 617. The van der Waals surface area contributed by atoms with Crippen molar-refractivity contribution in [2.75, 3.05) is 13.1 Å². The molecular formula is C15H17N3O. The Balaban J connectivity index is 1.69. The lowest BCUT2D eigenvalue weighted by Gasteiger charge is -2.16. The number of imidazole rings is 1. The number of carbonyl (C=O) groups excluding carboxylic acids is 1. The summed E-state index contributed by atoms with van der Waals surface area (Å²) in [7, 11) is 0. The number of amides is 1. The van der Waals surface area contributed by atoms with E-state index in [0.29, 0.717) is 12.3 Å². The third-order valence-electron chi connectivity index (χ3n) is 3.72. The van der Waals surface area contributed by atoms with Crippen molar-refractivity contribution in [1.29, 1.82) is 0 Å². The van der Waals surface area contributed by atoms with E-state index in [0.717, 1.165) is 30.7 Å². The Labute approximate surface area is 112 Å². The minimum atomic E-state index is 0.231. The van der Waals surface area contributed by atoms with Gasteiger partial charge < -0.3 is 9.47 Å². The molecule has 0 saturated carbocycles. The van der Waals surface area contributed by atoms with Crippen LogP contribution < -0.4 is 0 Å². The zero-order valence-electron chi connectivity index (χ0n) is 10.8. The Morgan fingerprint density at radius 1 is 1.37 bits per heavy atom. The van der Waals surface area contributed by atoms with Gasteiger partial charge in [-0.1, -0.05) is 18.2 Å². The largest absolute Gasteiger partial charge is 0.340 e. The van der Waals surface area contributed by atoms with Crippen LogP contribution in [0.2, 0.25) is 0 Å². The number of para-hydroxylation sites is 2. The average molecular weight is 255 g/mol. The summed E-state index contributed by atoms with van der Waals surface area (Å²) in [6.45, 7) is 6.10. The Kier molecular flexibility index (Phi) is 3.07. The van der Waals surface area contributed by atoms with Crippen molar-refractivity contribution in [3.05, 3.63) is 43.2 Å². The molecule has 1 amide bonds. The molecule has 1 aliphatic heterocycles. The number of carbonyl (C=O) groups is 1. The molecule has 19 heavy (non-hydrogen) atoms. The molecule has 0 spiro atoms. The molecule has 0 N–H and O–H groups in total. The molecule has 1 aliphatic rings. The van der Waals surface area contributed by atoms with Gasteiger partial charge in [-0.15, -0.1) is 6.58 Å². The average Bonchev–Trinajstić information content (AvgIpc) is 3.00. The molecule has 2 aromatic rings. The van der Waals surface area contributed by atoms with Crippen LogP contribution in [0.15, 0.2) is 43.2 Å². The van der Waals surface area contributed by atoms with Gasteiger partial charge in [0.25, 0.3) is 0 Å². The number of fused-ring (bicyclic) bond motifs is 1. The first-order valence-corrected chi connectivity index (χ1v) is 6.58. The summed E-state index contributed by atoms with van der Waals surface area (Å²) in [6.07, 6.45) is 4.33. The molecule has 0 radical (unpaired) electrons. The second-order valence-corrected chi connectivity index (χ2v) is 4.97. The zero-order valence-corrected chi connectivity index (χ0v) is 10.8. The highest BCUT2D eigenvalue weighted by Crippen LogP contribution is 2.19. The summed E-state index contributed by atoms with van der Waals surface area (Å²) in [6, 6.07) is 8.05. The van der Waals surface area contributed by atoms with E-state index < -0.39 is 0 Å². The van der Waals surface area contributed by atoms with Crippen LogP contribution >= 0.6 is 0 Å². The van der Waals surface area contributed by atoms with Crippen molar-refractivity contribution >= 4 is 16.9 Å². The highest BCUT2D eigenvalue weighted by molar-refractivity contribution is 5.79. The van der Waals surface area contributed by atoms with Crippen molar-refractivity contribution < 1.29 is 4.79 Å². The Morgan fingerprint density at radius 2 is 2.21 bits per heavy atom. The van der Waals surface area contributed by atoms with Crippen LogP contribution in [0.1, 0.15) is 6.42 Å². The van der Waals surface area contributed by atoms with Crippen molar-refractivity contribution in [3.8, 4) is 0 Å². The fraction of sp³-hybridized carbons (Fsp3) is 0.333. The number of hydrogen-bond donors (Lipinski definition) is 0. The van der Waals surface area contributed by atoms with Gasteiger partial charge in [-0.3, -0.25) is 4.79 Å². The fourth-order valence-electron chi connectivity index (χ4n) is 2.59. The lowest BCUT2D eigenvalue weighted by molar-refractivity contribution is -0.127. The maximum atomic E-state index is 11.8. The molecule has 4 heteroatoms. The monoisotopic (exact) mass is 255 g/mol. The van der Waals surface area contributed by atoms with Crippen molar-refractivity contribution in [2.45, 2.75) is 13.0 Å². The van der Waals surface area contributed by atoms with Crippen LogP contribution in [0.5, 0.6) is 0 Å². The zero-order chi connectivity index (χ0) is 13.2. The number of hydrogen-bond acceptors (Lipinski definition) is 2. The smallest absolute Gasteiger partial charge is 0.223 e. The molecular weight excluding hydrogens is 238 g/mol. The van der Waals surface area contributed by atoms with Gasteiger partial charge in [0.15, 0.2) is 0 Å². The van der Waals surface area contributed by atoms with E-state index in [1.54, 1.807) is 0 Å². The van der Waals surface area contributed by atoms with E-state index in [9.17, 15) is 4.79 Å². The van der Waals surface area contributed by atoms with Gasteiger partial charge in [0.1, 0.15) is 0 Å². The van der Waals surface area contributed by atoms with Crippen molar-refractivity contribution in [3.63, 3.8) is 0 Å². The van der Waals surface area contributed by atoms with E-state index in [-0.39, 0.29) is 5.91 Å². The van der Waals surface area contributed by atoms with E-state index in [4.69, 9.17) is 0 Å². The van der Waals surface area contributed by atoms with E-state index in [2.05, 4.69) is 22.2 Å². The minimum absolute atomic E-state index is 0.231. The first kappa shape index (κ1) is 12.0. The molecule has 1 atom stereocenters. The molecule has 98 valence electrons. The fourth-order valence-corrected chi connectivity index (χ4v) is 2.59.